The van der Waals surface area contributed by atoms with Crippen molar-refractivity contribution in [3.05, 3.63) is 76.3 Å². The maximum atomic E-state index is 13.4. The molecule has 3 aromatic rings. The second-order valence-electron chi connectivity index (χ2n) is 6.82. The molecule has 0 aliphatic heterocycles. The first-order chi connectivity index (χ1) is 15.7. The van der Waals surface area contributed by atoms with Crippen LogP contribution in [0.1, 0.15) is 17.3 Å². The maximum Gasteiger partial charge on any atom is 0.265 e. The Balaban J connectivity index is 2.01. The standard InChI is InChI=1S/C23H22Cl2N2O5S/c1-4-27(16-8-6-5-7-9-16)33(29,30)22-13-19(20(24)14-21(22)25)23(28)26-15-10-17(31-2)12-18(11-15)32-3/h5-14H,4H2,1-3H3,(H,26,28). The zero-order valence-electron chi connectivity index (χ0n) is 18.1. The lowest BCUT2D eigenvalue weighted by Gasteiger charge is -2.24. The molecule has 10 heteroatoms. The summed E-state index contributed by atoms with van der Waals surface area (Å²) in [7, 11) is -1.11. The highest BCUT2D eigenvalue weighted by Crippen LogP contribution is 2.33. The van der Waals surface area contributed by atoms with Crippen LogP contribution in [0.25, 0.3) is 0 Å². The summed E-state index contributed by atoms with van der Waals surface area (Å²) in [4.78, 5) is 12.8. The van der Waals surface area contributed by atoms with Crippen molar-refractivity contribution in [1.82, 2.24) is 0 Å². The fourth-order valence-electron chi connectivity index (χ4n) is 3.18. The first-order valence-corrected chi connectivity index (χ1v) is 12.0. The largest absolute Gasteiger partial charge is 0.497 e. The Labute approximate surface area is 202 Å². The van der Waals surface area contributed by atoms with E-state index < -0.39 is 15.9 Å². The van der Waals surface area contributed by atoms with E-state index in [1.54, 1.807) is 55.5 Å². The van der Waals surface area contributed by atoms with E-state index in [9.17, 15) is 13.2 Å². The summed E-state index contributed by atoms with van der Waals surface area (Å²) in [5, 5.41) is 2.61. The molecule has 0 saturated heterocycles. The molecule has 0 atom stereocenters. The van der Waals surface area contributed by atoms with E-state index in [0.29, 0.717) is 22.9 Å². The van der Waals surface area contributed by atoms with Crippen molar-refractivity contribution in [3.63, 3.8) is 0 Å². The predicted molar refractivity (Wildman–Crippen MR) is 131 cm³/mol. The van der Waals surface area contributed by atoms with Gasteiger partial charge >= 0.3 is 0 Å². The molecule has 0 saturated carbocycles. The monoisotopic (exact) mass is 508 g/mol. The second kappa shape index (κ2) is 10.3. The highest BCUT2D eigenvalue weighted by molar-refractivity contribution is 7.93. The molecule has 174 valence electrons. The highest BCUT2D eigenvalue weighted by Gasteiger charge is 2.28. The Morgan fingerprint density at radius 2 is 1.55 bits per heavy atom. The van der Waals surface area contributed by atoms with Crippen LogP contribution in [-0.2, 0) is 10.0 Å². The molecule has 0 unspecified atom stereocenters. The van der Waals surface area contributed by atoms with Crippen LogP contribution < -0.4 is 19.1 Å². The van der Waals surface area contributed by atoms with Gasteiger partial charge in [-0.2, -0.15) is 0 Å². The Hall–Kier alpha value is -2.94. The predicted octanol–water partition coefficient (Wildman–Crippen LogP) is 5.48. The van der Waals surface area contributed by atoms with Gasteiger partial charge in [-0.1, -0.05) is 41.4 Å². The molecule has 33 heavy (non-hydrogen) atoms. The molecule has 0 aromatic heterocycles. The molecule has 0 bridgehead atoms. The normalized spacial score (nSPS) is 11.1. The van der Waals surface area contributed by atoms with E-state index in [2.05, 4.69) is 5.32 Å². The number of nitrogens with zero attached hydrogens (tertiary/aromatic N) is 1. The molecular weight excluding hydrogens is 487 g/mol. The molecule has 0 spiro atoms. The van der Waals surface area contributed by atoms with Crippen LogP contribution in [0.3, 0.4) is 0 Å². The maximum absolute atomic E-state index is 13.4. The zero-order chi connectivity index (χ0) is 24.2. The highest BCUT2D eigenvalue weighted by atomic mass is 35.5. The summed E-state index contributed by atoms with van der Waals surface area (Å²) < 4.78 is 38.5. The van der Waals surface area contributed by atoms with E-state index in [-0.39, 0.29) is 27.0 Å². The Morgan fingerprint density at radius 3 is 2.09 bits per heavy atom. The summed E-state index contributed by atoms with van der Waals surface area (Å²) in [6.45, 7) is 1.87. The number of benzene rings is 3. The molecule has 3 rings (SSSR count). The molecule has 3 aromatic carbocycles. The number of amides is 1. The van der Waals surface area contributed by atoms with Crippen LogP contribution in [0.4, 0.5) is 11.4 Å². The van der Waals surface area contributed by atoms with Gasteiger partial charge in [0.05, 0.1) is 35.5 Å². The van der Waals surface area contributed by atoms with Gasteiger partial charge in [-0.05, 0) is 31.2 Å². The van der Waals surface area contributed by atoms with Crippen molar-refractivity contribution in [2.75, 3.05) is 30.4 Å². The number of para-hydroxylation sites is 1. The third-order valence-electron chi connectivity index (χ3n) is 4.77. The van der Waals surface area contributed by atoms with Gasteiger partial charge in [0.15, 0.2) is 0 Å². The molecule has 7 nitrogen and oxygen atoms in total. The van der Waals surface area contributed by atoms with E-state index in [0.717, 1.165) is 0 Å². The number of anilines is 2. The van der Waals surface area contributed by atoms with Gasteiger partial charge in [0, 0.05) is 30.4 Å². The van der Waals surface area contributed by atoms with Crippen molar-refractivity contribution in [2.24, 2.45) is 0 Å². The van der Waals surface area contributed by atoms with Gasteiger partial charge in [-0.3, -0.25) is 9.10 Å². The number of hydrogen-bond acceptors (Lipinski definition) is 5. The minimum atomic E-state index is -4.08. The molecule has 1 amide bonds. The van der Waals surface area contributed by atoms with Crippen molar-refractivity contribution in [3.8, 4) is 11.5 Å². The second-order valence-corrected chi connectivity index (χ2v) is 9.47. The van der Waals surface area contributed by atoms with E-state index in [1.165, 1.54) is 30.7 Å². The van der Waals surface area contributed by atoms with Gasteiger partial charge in [-0.25, -0.2) is 8.42 Å². The fourth-order valence-corrected chi connectivity index (χ4v) is 5.49. The third kappa shape index (κ3) is 5.35. The number of halogens is 2. The van der Waals surface area contributed by atoms with E-state index >= 15 is 0 Å². The van der Waals surface area contributed by atoms with Gasteiger partial charge in [0.25, 0.3) is 15.9 Å². The lowest BCUT2D eigenvalue weighted by Crippen LogP contribution is -2.31. The van der Waals surface area contributed by atoms with Crippen LogP contribution in [0.2, 0.25) is 10.0 Å². The first kappa shape index (κ1) is 24.7. The average Bonchev–Trinajstić information content (AvgIpc) is 2.79. The number of rotatable bonds is 8. The molecular formula is C23H22Cl2N2O5S. The quantitative estimate of drug-likeness (QED) is 0.435. The summed E-state index contributed by atoms with van der Waals surface area (Å²) in [6.07, 6.45) is 0. The van der Waals surface area contributed by atoms with Crippen molar-refractivity contribution >= 4 is 50.5 Å². The van der Waals surface area contributed by atoms with Crippen molar-refractivity contribution in [2.45, 2.75) is 11.8 Å². The van der Waals surface area contributed by atoms with Crippen molar-refractivity contribution < 1.29 is 22.7 Å². The number of ether oxygens (including phenoxy) is 2. The van der Waals surface area contributed by atoms with Crippen molar-refractivity contribution in [1.29, 1.82) is 0 Å². The molecule has 1 N–H and O–H groups in total. The number of methoxy groups -OCH3 is 2. The van der Waals surface area contributed by atoms with Gasteiger partial charge < -0.3 is 14.8 Å². The lowest BCUT2D eigenvalue weighted by atomic mass is 10.2. The molecule has 0 fully saturated rings. The third-order valence-corrected chi connectivity index (χ3v) is 7.46. The average molecular weight is 509 g/mol. The summed E-state index contributed by atoms with van der Waals surface area (Å²) in [5.41, 5.74) is 0.803. The molecule has 0 heterocycles. The SMILES string of the molecule is CCN(c1ccccc1)S(=O)(=O)c1cc(C(=O)Nc2cc(OC)cc(OC)c2)c(Cl)cc1Cl. The lowest BCUT2D eigenvalue weighted by molar-refractivity contribution is 0.102. The fraction of sp³-hybridized carbons (Fsp3) is 0.174. The summed E-state index contributed by atoms with van der Waals surface area (Å²) in [5.74, 6) is 0.319. The summed E-state index contributed by atoms with van der Waals surface area (Å²) >= 11 is 12.5. The van der Waals surface area contributed by atoms with E-state index in [1.807, 2.05) is 0 Å². The minimum Gasteiger partial charge on any atom is -0.497 e. The van der Waals surface area contributed by atoms with E-state index in [4.69, 9.17) is 32.7 Å². The van der Waals surface area contributed by atoms with Crippen LogP contribution in [-0.4, -0.2) is 35.1 Å². The number of carbonyl (C=O) groups excluding carboxylic acids is 1. The van der Waals surface area contributed by atoms with Crippen LogP contribution in [0.15, 0.2) is 65.6 Å². The van der Waals surface area contributed by atoms with Gasteiger partial charge in [0.2, 0.25) is 0 Å². The summed E-state index contributed by atoms with van der Waals surface area (Å²) in [6, 6.07) is 15.9. The smallest absolute Gasteiger partial charge is 0.265 e. The van der Waals surface area contributed by atoms with Crippen LogP contribution >= 0.6 is 23.2 Å². The van der Waals surface area contributed by atoms with Gasteiger partial charge in [-0.15, -0.1) is 0 Å². The molecule has 0 aliphatic carbocycles. The molecule has 0 aliphatic rings. The van der Waals surface area contributed by atoms with Gasteiger partial charge in [0.1, 0.15) is 16.4 Å². The van der Waals surface area contributed by atoms with Crippen LogP contribution in [0.5, 0.6) is 11.5 Å². The Bertz CT molecular complexity index is 1250. The number of nitrogens with one attached hydrogen (secondary N) is 1. The molecule has 0 radical (unpaired) electrons. The zero-order valence-corrected chi connectivity index (χ0v) is 20.5. The first-order valence-electron chi connectivity index (χ1n) is 9.82. The number of sulfonamides is 1. The minimum absolute atomic E-state index is 0.00840. The van der Waals surface area contributed by atoms with Crippen LogP contribution in [0, 0.1) is 0 Å². The number of carbonyl (C=O) groups is 1. The number of hydrogen-bond donors (Lipinski definition) is 1. The topological polar surface area (TPSA) is 84.9 Å². The Kier molecular flexibility index (Phi) is 7.73. The Morgan fingerprint density at radius 1 is 0.939 bits per heavy atom.